The summed E-state index contributed by atoms with van der Waals surface area (Å²) in [6.45, 7) is 5.45. The molecule has 6 nitrogen and oxygen atoms in total. The Hall–Kier alpha value is -3.41. The maximum Gasteiger partial charge on any atom is 0.310 e. The number of nitrogens with one attached hydrogen (secondary N) is 1. The number of aryl methyl sites for hydroxylation is 3. The number of nitrogens with zero attached hydrogens (tertiary/aromatic N) is 2. The second kappa shape index (κ2) is 8.52. The van der Waals surface area contributed by atoms with Crippen molar-refractivity contribution in [3.05, 3.63) is 77.0 Å². The molecule has 0 aliphatic heterocycles. The van der Waals surface area contributed by atoms with Gasteiger partial charge in [0.15, 0.2) is 6.61 Å². The molecule has 0 spiro atoms. The van der Waals surface area contributed by atoms with Gasteiger partial charge in [-0.1, -0.05) is 42.0 Å². The van der Waals surface area contributed by atoms with Gasteiger partial charge in [-0.2, -0.15) is 5.10 Å². The molecule has 0 fully saturated rings. The van der Waals surface area contributed by atoms with Gasteiger partial charge in [0.1, 0.15) is 5.82 Å². The first-order valence-corrected chi connectivity index (χ1v) is 9.06. The van der Waals surface area contributed by atoms with Crippen LogP contribution in [0.15, 0.2) is 54.6 Å². The molecule has 3 aromatic rings. The fraction of sp³-hybridized carbons (Fsp3) is 0.227. The molecule has 0 radical (unpaired) electrons. The van der Waals surface area contributed by atoms with Gasteiger partial charge in [-0.3, -0.25) is 9.59 Å². The highest BCUT2D eigenvalue weighted by molar-refractivity contribution is 5.92. The molecule has 3 rings (SSSR count). The minimum Gasteiger partial charge on any atom is -0.455 e. The lowest BCUT2D eigenvalue weighted by Gasteiger charge is -2.10. The van der Waals surface area contributed by atoms with Crippen molar-refractivity contribution >= 4 is 17.7 Å². The minimum atomic E-state index is -0.437. The topological polar surface area (TPSA) is 73.2 Å². The minimum absolute atomic E-state index is 0.139. The zero-order chi connectivity index (χ0) is 20.1. The van der Waals surface area contributed by atoms with E-state index in [1.54, 1.807) is 10.7 Å². The average molecular weight is 377 g/mol. The highest BCUT2D eigenvalue weighted by Gasteiger charge is 2.13. The molecular formula is C22H23N3O3. The summed E-state index contributed by atoms with van der Waals surface area (Å²) in [5.74, 6) is -0.319. The van der Waals surface area contributed by atoms with Gasteiger partial charge < -0.3 is 10.1 Å². The Bertz CT molecular complexity index is 991. The Morgan fingerprint density at radius 3 is 2.46 bits per heavy atom. The van der Waals surface area contributed by atoms with E-state index in [0.717, 1.165) is 28.1 Å². The first-order valence-electron chi connectivity index (χ1n) is 9.06. The maximum absolute atomic E-state index is 12.3. The van der Waals surface area contributed by atoms with E-state index >= 15 is 0 Å². The first kappa shape index (κ1) is 19.4. The quantitative estimate of drug-likeness (QED) is 0.667. The van der Waals surface area contributed by atoms with Crippen molar-refractivity contribution in [3.63, 3.8) is 0 Å². The third kappa shape index (κ3) is 4.85. The molecule has 1 heterocycles. The lowest BCUT2D eigenvalue weighted by Crippen LogP contribution is -2.23. The summed E-state index contributed by atoms with van der Waals surface area (Å²) < 4.78 is 6.78. The molecule has 0 aliphatic rings. The highest BCUT2D eigenvalue weighted by Crippen LogP contribution is 2.17. The third-order valence-corrected chi connectivity index (χ3v) is 4.34. The predicted molar refractivity (Wildman–Crippen MR) is 108 cm³/mol. The number of esters is 1. The van der Waals surface area contributed by atoms with Gasteiger partial charge >= 0.3 is 5.97 Å². The van der Waals surface area contributed by atoms with Gasteiger partial charge in [-0.25, -0.2) is 4.68 Å². The molecule has 2 aromatic carbocycles. The van der Waals surface area contributed by atoms with Gasteiger partial charge in [0.25, 0.3) is 5.91 Å². The van der Waals surface area contributed by atoms with E-state index in [0.29, 0.717) is 5.82 Å². The molecule has 6 heteroatoms. The lowest BCUT2D eigenvalue weighted by atomic mass is 10.1. The van der Waals surface area contributed by atoms with Crippen LogP contribution in [0.2, 0.25) is 0 Å². The fourth-order valence-electron chi connectivity index (χ4n) is 2.81. The number of hydrogen-bond acceptors (Lipinski definition) is 4. The Kier molecular flexibility index (Phi) is 5.89. The van der Waals surface area contributed by atoms with Gasteiger partial charge in [-0.15, -0.1) is 0 Å². The Morgan fingerprint density at radius 1 is 1.04 bits per heavy atom. The summed E-state index contributed by atoms with van der Waals surface area (Å²) in [7, 11) is 0. The summed E-state index contributed by atoms with van der Waals surface area (Å²) in [6.07, 6.45) is 0.139. The molecule has 0 atom stereocenters. The van der Waals surface area contributed by atoms with Crippen LogP contribution < -0.4 is 5.32 Å². The number of anilines is 1. The van der Waals surface area contributed by atoms with Crippen LogP contribution in [0.5, 0.6) is 0 Å². The van der Waals surface area contributed by atoms with Gasteiger partial charge in [0.2, 0.25) is 0 Å². The molecule has 0 unspecified atom stereocenters. The summed E-state index contributed by atoms with van der Waals surface area (Å²) in [4.78, 5) is 24.3. The van der Waals surface area contributed by atoms with Crippen LogP contribution in [0.3, 0.4) is 0 Å². The normalized spacial score (nSPS) is 10.5. The molecular weight excluding hydrogens is 354 g/mol. The zero-order valence-corrected chi connectivity index (χ0v) is 16.2. The first-order chi connectivity index (χ1) is 13.4. The van der Waals surface area contributed by atoms with E-state index < -0.39 is 11.9 Å². The second-order valence-corrected chi connectivity index (χ2v) is 6.73. The molecule has 1 amide bonds. The van der Waals surface area contributed by atoms with Crippen LogP contribution >= 0.6 is 0 Å². The van der Waals surface area contributed by atoms with Crippen LogP contribution in [0.4, 0.5) is 5.82 Å². The van der Waals surface area contributed by atoms with Crippen molar-refractivity contribution in [2.75, 3.05) is 11.9 Å². The molecule has 1 aromatic heterocycles. The lowest BCUT2D eigenvalue weighted by molar-refractivity contribution is -0.146. The third-order valence-electron chi connectivity index (χ3n) is 4.34. The molecule has 1 N–H and O–H groups in total. The summed E-state index contributed by atoms with van der Waals surface area (Å²) in [5, 5.41) is 7.18. The SMILES string of the molecule is Cc1ccc(-n2nc(C)cc2NC(=O)COC(=O)Cc2ccccc2C)cc1. The van der Waals surface area contributed by atoms with Crippen molar-refractivity contribution in [3.8, 4) is 5.69 Å². The van der Waals surface area contributed by atoms with Crippen molar-refractivity contribution in [2.24, 2.45) is 0 Å². The standard InChI is InChI=1S/C22H23N3O3/c1-15-8-10-19(11-9-15)25-20(12-17(3)24-25)23-21(26)14-28-22(27)13-18-7-5-4-6-16(18)2/h4-12H,13-14H2,1-3H3,(H,23,26). The molecule has 0 bridgehead atoms. The molecule has 0 saturated carbocycles. The number of hydrogen-bond donors (Lipinski definition) is 1. The van der Waals surface area contributed by atoms with Crippen molar-refractivity contribution in [1.82, 2.24) is 9.78 Å². The number of amides is 1. The number of carbonyl (C=O) groups excluding carboxylic acids is 2. The summed E-state index contributed by atoms with van der Waals surface area (Å²) in [6, 6.07) is 17.2. The van der Waals surface area contributed by atoms with Gasteiger partial charge in [0, 0.05) is 6.07 Å². The van der Waals surface area contributed by atoms with Crippen LogP contribution in [0.25, 0.3) is 5.69 Å². The summed E-state index contributed by atoms with van der Waals surface area (Å²) in [5.41, 5.74) is 4.65. The van der Waals surface area contributed by atoms with Crippen molar-refractivity contribution in [1.29, 1.82) is 0 Å². The number of benzene rings is 2. The predicted octanol–water partition coefficient (Wildman–Crippen LogP) is 3.52. The fourth-order valence-corrected chi connectivity index (χ4v) is 2.81. The van der Waals surface area contributed by atoms with Crippen LogP contribution in [0, 0.1) is 20.8 Å². The maximum atomic E-state index is 12.3. The van der Waals surface area contributed by atoms with E-state index in [2.05, 4.69) is 10.4 Å². The number of aromatic nitrogens is 2. The number of ether oxygens (including phenoxy) is 1. The van der Waals surface area contributed by atoms with E-state index in [1.165, 1.54) is 0 Å². The monoisotopic (exact) mass is 377 g/mol. The Balaban J connectivity index is 1.60. The molecule has 28 heavy (non-hydrogen) atoms. The summed E-state index contributed by atoms with van der Waals surface area (Å²) >= 11 is 0. The number of carbonyl (C=O) groups is 2. The molecule has 144 valence electrons. The van der Waals surface area contributed by atoms with Crippen LogP contribution in [-0.2, 0) is 20.7 Å². The van der Waals surface area contributed by atoms with Crippen LogP contribution in [-0.4, -0.2) is 28.3 Å². The van der Waals surface area contributed by atoms with Gasteiger partial charge in [-0.05, 0) is 44.0 Å². The largest absolute Gasteiger partial charge is 0.455 e. The molecule has 0 saturated heterocycles. The Morgan fingerprint density at radius 2 is 1.75 bits per heavy atom. The van der Waals surface area contributed by atoms with E-state index in [1.807, 2.05) is 69.3 Å². The van der Waals surface area contributed by atoms with E-state index in [9.17, 15) is 9.59 Å². The second-order valence-electron chi connectivity index (χ2n) is 6.73. The van der Waals surface area contributed by atoms with E-state index in [-0.39, 0.29) is 13.0 Å². The van der Waals surface area contributed by atoms with Crippen LogP contribution in [0.1, 0.15) is 22.4 Å². The highest BCUT2D eigenvalue weighted by atomic mass is 16.5. The zero-order valence-electron chi connectivity index (χ0n) is 16.2. The van der Waals surface area contributed by atoms with Gasteiger partial charge in [0.05, 0.1) is 17.8 Å². The number of rotatable bonds is 6. The average Bonchev–Trinajstić information content (AvgIpc) is 3.02. The Labute approximate surface area is 164 Å². The van der Waals surface area contributed by atoms with E-state index in [4.69, 9.17) is 4.74 Å². The smallest absolute Gasteiger partial charge is 0.310 e. The van der Waals surface area contributed by atoms with Crippen molar-refractivity contribution in [2.45, 2.75) is 27.2 Å². The van der Waals surface area contributed by atoms with Crippen molar-refractivity contribution < 1.29 is 14.3 Å². The molecule has 0 aliphatic carbocycles.